The number of aromatic nitrogens is 2. The SMILES string of the molecule is C=Cc1ccc(COCc2ccc3c(c2)c2ccccc2n3-c2ccc(-c3ccc(-n4c5ccccc5c5cc(COCc6ccc(C=C)cc6)ccc54)cc3)cc2)cc1. The van der Waals surface area contributed by atoms with Gasteiger partial charge in [-0.05, 0) is 105 Å². The van der Waals surface area contributed by atoms with Gasteiger partial charge in [-0.25, -0.2) is 0 Å². The smallest absolute Gasteiger partial charge is 0.0721 e. The zero-order valence-corrected chi connectivity index (χ0v) is 33.4. The molecular formula is C56H44N2O2. The normalized spacial score (nSPS) is 11.5. The fraction of sp³-hybridized carbons (Fsp3) is 0.0714. The molecule has 0 bridgehead atoms. The summed E-state index contributed by atoms with van der Waals surface area (Å²) in [6.07, 6.45) is 3.72. The molecule has 0 saturated carbocycles. The average molecular weight is 777 g/mol. The molecule has 2 heterocycles. The molecule has 0 atom stereocenters. The van der Waals surface area contributed by atoms with Crippen molar-refractivity contribution in [3.8, 4) is 22.5 Å². The summed E-state index contributed by atoms with van der Waals surface area (Å²) < 4.78 is 17.0. The van der Waals surface area contributed by atoms with Crippen LogP contribution in [0.2, 0.25) is 0 Å². The molecule has 10 rings (SSSR count). The fourth-order valence-corrected chi connectivity index (χ4v) is 8.46. The molecule has 0 amide bonds. The molecule has 290 valence electrons. The largest absolute Gasteiger partial charge is 0.372 e. The van der Waals surface area contributed by atoms with Gasteiger partial charge in [-0.3, -0.25) is 0 Å². The summed E-state index contributed by atoms with van der Waals surface area (Å²) >= 11 is 0. The maximum atomic E-state index is 6.15. The molecule has 0 aliphatic carbocycles. The highest BCUT2D eigenvalue weighted by atomic mass is 16.5. The van der Waals surface area contributed by atoms with E-state index in [1.54, 1.807) is 0 Å². The van der Waals surface area contributed by atoms with Gasteiger partial charge in [0.05, 0.1) is 48.5 Å². The van der Waals surface area contributed by atoms with Crippen molar-refractivity contribution in [3.63, 3.8) is 0 Å². The number of para-hydroxylation sites is 2. The van der Waals surface area contributed by atoms with E-state index in [2.05, 4.69) is 204 Å². The number of rotatable bonds is 13. The molecule has 60 heavy (non-hydrogen) atoms. The van der Waals surface area contributed by atoms with E-state index in [9.17, 15) is 0 Å². The van der Waals surface area contributed by atoms with Crippen LogP contribution in [0.15, 0.2) is 195 Å². The van der Waals surface area contributed by atoms with Crippen molar-refractivity contribution >= 4 is 55.8 Å². The fourth-order valence-electron chi connectivity index (χ4n) is 8.46. The van der Waals surface area contributed by atoms with Gasteiger partial charge in [0.25, 0.3) is 0 Å². The summed E-state index contributed by atoms with van der Waals surface area (Å²) in [5, 5.41) is 4.91. The number of fused-ring (bicyclic) bond motifs is 6. The molecular weight excluding hydrogens is 733 g/mol. The second kappa shape index (κ2) is 16.2. The van der Waals surface area contributed by atoms with Crippen LogP contribution in [-0.2, 0) is 35.9 Å². The first-order valence-corrected chi connectivity index (χ1v) is 20.5. The van der Waals surface area contributed by atoms with Gasteiger partial charge in [0.2, 0.25) is 0 Å². The molecule has 4 nitrogen and oxygen atoms in total. The van der Waals surface area contributed by atoms with E-state index in [4.69, 9.17) is 9.47 Å². The topological polar surface area (TPSA) is 28.3 Å². The molecule has 0 fully saturated rings. The van der Waals surface area contributed by atoms with E-state index in [0.29, 0.717) is 26.4 Å². The molecule has 10 aromatic rings. The Morgan fingerprint density at radius 1 is 0.350 bits per heavy atom. The van der Waals surface area contributed by atoms with Crippen molar-refractivity contribution in [2.75, 3.05) is 0 Å². The summed E-state index contributed by atoms with van der Waals surface area (Å²) in [7, 11) is 0. The van der Waals surface area contributed by atoms with Gasteiger partial charge in [0, 0.05) is 32.9 Å². The summed E-state index contributed by atoms with van der Waals surface area (Å²) in [6.45, 7) is 9.93. The van der Waals surface area contributed by atoms with Crippen LogP contribution < -0.4 is 0 Å². The van der Waals surface area contributed by atoms with E-state index in [1.165, 1.54) is 54.7 Å². The summed E-state index contributed by atoms with van der Waals surface area (Å²) in [5.41, 5.74) is 16.2. The average Bonchev–Trinajstić information content (AvgIpc) is 3.82. The molecule has 4 heteroatoms. The number of benzene rings is 8. The monoisotopic (exact) mass is 776 g/mol. The van der Waals surface area contributed by atoms with Crippen LogP contribution in [0.5, 0.6) is 0 Å². The van der Waals surface area contributed by atoms with Gasteiger partial charge in [-0.2, -0.15) is 0 Å². The second-order valence-corrected chi connectivity index (χ2v) is 15.4. The van der Waals surface area contributed by atoms with Crippen molar-refractivity contribution in [1.82, 2.24) is 9.13 Å². The highest BCUT2D eigenvalue weighted by molar-refractivity contribution is 6.10. The maximum Gasteiger partial charge on any atom is 0.0721 e. The molecule has 0 radical (unpaired) electrons. The Labute approximate surface area is 350 Å². The van der Waals surface area contributed by atoms with Crippen LogP contribution in [0.3, 0.4) is 0 Å². The van der Waals surface area contributed by atoms with E-state index >= 15 is 0 Å². The van der Waals surface area contributed by atoms with Crippen LogP contribution in [-0.4, -0.2) is 9.13 Å². The molecule has 8 aromatic carbocycles. The van der Waals surface area contributed by atoms with Gasteiger partial charge >= 0.3 is 0 Å². The minimum absolute atomic E-state index is 0.548. The third-order valence-corrected chi connectivity index (χ3v) is 11.6. The molecule has 0 unspecified atom stereocenters. The van der Waals surface area contributed by atoms with Crippen molar-refractivity contribution < 1.29 is 9.47 Å². The first-order chi connectivity index (χ1) is 29.6. The number of hydrogen-bond acceptors (Lipinski definition) is 2. The maximum absolute atomic E-state index is 6.15. The lowest BCUT2D eigenvalue weighted by atomic mass is 10.0. The number of ether oxygens (including phenoxy) is 2. The molecule has 0 aliphatic heterocycles. The highest BCUT2D eigenvalue weighted by Crippen LogP contribution is 2.36. The van der Waals surface area contributed by atoms with Crippen molar-refractivity contribution in [2.24, 2.45) is 0 Å². The van der Waals surface area contributed by atoms with E-state index in [1.807, 2.05) is 12.2 Å². The summed E-state index contributed by atoms with van der Waals surface area (Å²) in [4.78, 5) is 0. The van der Waals surface area contributed by atoms with Crippen LogP contribution >= 0.6 is 0 Å². The second-order valence-electron chi connectivity index (χ2n) is 15.4. The lowest BCUT2D eigenvalue weighted by molar-refractivity contribution is 0.107. The zero-order chi connectivity index (χ0) is 40.4. The zero-order valence-electron chi connectivity index (χ0n) is 33.4. The molecule has 0 N–H and O–H groups in total. The van der Waals surface area contributed by atoms with Crippen molar-refractivity contribution in [3.05, 3.63) is 229 Å². The summed E-state index contributed by atoms with van der Waals surface area (Å²) in [6, 6.07) is 65.2. The first-order valence-electron chi connectivity index (χ1n) is 20.5. The lowest BCUT2D eigenvalue weighted by Gasteiger charge is -2.11. The van der Waals surface area contributed by atoms with Gasteiger partial charge < -0.3 is 18.6 Å². The standard InChI is InChI=1S/C56H44N2O2/c1-3-39-13-17-41(18-14-39)35-59-37-43-21-31-55-51(33-43)49-9-5-7-11-53(49)57(55)47-27-23-45(24-28-47)46-25-29-48(30-26-46)58-54-12-8-6-10-50(54)52-34-44(22-32-56(52)58)38-60-36-42-19-15-40(4-2)16-20-42/h3-34H,1-2,35-38H2. The highest BCUT2D eigenvalue weighted by Gasteiger charge is 2.15. The predicted molar refractivity (Wildman–Crippen MR) is 251 cm³/mol. The van der Waals surface area contributed by atoms with Crippen LogP contribution in [0.1, 0.15) is 33.4 Å². The van der Waals surface area contributed by atoms with Crippen molar-refractivity contribution in [2.45, 2.75) is 26.4 Å². The lowest BCUT2D eigenvalue weighted by Crippen LogP contribution is -1.96. The number of nitrogens with zero attached hydrogens (tertiary/aromatic N) is 2. The third kappa shape index (κ3) is 7.13. The van der Waals surface area contributed by atoms with Gasteiger partial charge in [0.15, 0.2) is 0 Å². The molecule has 0 saturated heterocycles. The quantitative estimate of drug-likeness (QED) is 0.117. The van der Waals surface area contributed by atoms with Crippen molar-refractivity contribution in [1.29, 1.82) is 0 Å². The minimum Gasteiger partial charge on any atom is -0.372 e. The third-order valence-electron chi connectivity index (χ3n) is 11.6. The van der Waals surface area contributed by atoms with Gasteiger partial charge in [-0.1, -0.05) is 147 Å². The minimum atomic E-state index is 0.548. The van der Waals surface area contributed by atoms with Crippen LogP contribution in [0, 0.1) is 0 Å². The molecule has 0 spiro atoms. The van der Waals surface area contributed by atoms with E-state index < -0.39 is 0 Å². The predicted octanol–water partition coefficient (Wildman–Crippen LogP) is 14.3. The van der Waals surface area contributed by atoms with Gasteiger partial charge in [0.1, 0.15) is 0 Å². The molecule has 2 aromatic heterocycles. The van der Waals surface area contributed by atoms with E-state index in [0.717, 1.165) is 44.8 Å². The summed E-state index contributed by atoms with van der Waals surface area (Å²) in [5.74, 6) is 0. The molecule has 0 aliphatic rings. The van der Waals surface area contributed by atoms with E-state index in [-0.39, 0.29) is 0 Å². The Morgan fingerprint density at radius 3 is 1.10 bits per heavy atom. The van der Waals surface area contributed by atoms with Crippen LogP contribution in [0.4, 0.5) is 0 Å². The number of hydrogen-bond donors (Lipinski definition) is 0. The first kappa shape index (κ1) is 37.1. The Bertz CT molecular complexity index is 2930. The van der Waals surface area contributed by atoms with Gasteiger partial charge in [-0.15, -0.1) is 0 Å². The Hall–Kier alpha value is -7.24. The Kier molecular flexibility index (Phi) is 10.00. The Balaban J connectivity index is 0.882. The van der Waals surface area contributed by atoms with Crippen LogP contribution in [0.25, 0.3) is 78.3 Å². The Morgan fingerprint density at radius 2 is 0.700 bits per heavy atom.